The Morgan fingerprint density at radius 2 is 2.26 bits per heavy atom. The van der Waals surface area contributed by atoms with Gasteiger partial charge in [-0.05, 0) is 35.2 Å². The Hall–Kier alpha value is -2.80. The van der Waals surface area contributed by atoms with Crippen molar-refractivity contribution in [3.05, 3.63) is 45.8 Å². The number of esters is 1. The summed E-state index contributed by atoms with van der Waals surface area (Å²) in [5.74, 6) is 1.52. The summed E-state index contributed by atoms with van der Waals surface area (Å²) in [5, 5.41) is 1.90. The number of thiophene rings is 1. The Balaban J connectivity index is 1.72. The molecule has 0 radical (unpaired) electrons. The van der Waals surface area contributed by atoms with Crippen LogP contribution < -0.4 is 14.2 Å². The van der Waals surface area contributed by atoms with Gasteiger partial charge in [-0.3, -0.25) is 0 Å². The van der Waals surface area contributed by atoms with Gasteiger partial charge in [0.25, 0.3) is 0 Å². The molecule has 0 amide bonds. The van der Waals surface area contributed by atoms with E-state index in [1.165, 1.54) is 11.3 Å². The van der Waals surface area contributed by atoms with Gasteiger partial charge in [0.05, 0.1) is 12.0 Å². The van der Waals surface area contributed by atoms with Crippen LogP contribution in [-0.4, -0.2) is 25.8 Å². The Morgan fingerprint density at radius 3 is 3.04 bits per heavy atom. The number of carbonyl (C=O) groups excluding carboxylic acids is 1. The maximum absolute atomic E-state index is 12.0. The Labute approximate surface area is 135 Å². The second-order valence-electron chi connectivity index (χ2n) is 4.77. The van der Waals surface area contributed by atoms with Crippen LogP contribution in [-0.2, 0) is 9.53 Å². The van der Waals surface area contributed by atoms with E-state index in [1.54, 1.807) is 25.3 Å². The standard InChI is InChI=1S/C16H11NO5S/c1-19-11-6-9(7-12-14(11)21-8-20-12)5-10-16(18)22-15(17-10)13-3-2-4-23-13/h2-7H,8H2,1H3. The number of aliphatic imine (C=N–C) groups is 1. The van der Waals surface area contributed by atoms with E-state index in [-0.39, 0.29) is 12.5 Å². The average Bonchev–Trinajstić information content (AvgIpc) is 3.27. The fraction of sp³-hybridized carbons (Fsp3) is 0.125. The van der Waals surface area contributed by atoms with E-state index >= 15 is 0 Å². The fourth-order valence-corrected chi connectivity index (χ4v) is 2.95. The normalized spacial score (nSPS) is 17.3. The number of carbonyl (C=O) groups is 1. The Morgan fingerprint density at radius 1 is 1.35 bits per heavy atom. The molecule has 3 heterocycles. The van der Waals surface area contributed by atoms with Gasteiger partial charge >= 0.3 is 5.97 Å². The quantitative estimate of drug-likeness (QED) is 0.640. The molecule has 1 aromatic carbocycles. The van der Waals surface area contributed by atoms with E-state index in [0.717, 1.165) is 4.88 Å². The third-order valence-electron chi connectivity index (χ3n) is 3.34. The third-order valence-corrected chi connectivity index (χ3v) is 4.19. The molecular formula is C16H11NO5S. The maximum Gasteiger partial charge on any atom is 0.363 e. The summed E-state index contributed by atoms with van der Waals surface area (Å²) >= 11 is 1.46. The van der Waals surface area contributed by atoms with E-state index in [0.29, 0.717) is 28.7 Å². The number of methoxy groups -OCH3 is 1. The molecule has 2 aromatic rings. The molecule has 1 aromatic heterocycles. The molecule has 7 heteroatoms. The molecule has 4 rings (SSSR count). The lowest BCUT2D eigenvalue weighted by molar-refractivity contribution is -0.129. The number of nitrogens with zero attached hydrogens (tertiary/aromatic N) is 1. The number of ether oxygens (including phenoxy) is 4. The molecule has 2 aliphatic rings. The van der Waals surface area contributed by atoms with Crippen molar-refractivity contribution >= 4 is 29.3 Å². The highest BCUT2D eigenvalue weighted by Crippen LogP contribution is 2.42. The van der Waals surface area contributed by atoms with Gasteiger partial charge < -0.3 is 18.9 Å². The molecule has 0 spiro atoms. The molecule has 116 valence electrons. The summed E-state index contributed by atoms with van der Waals surface area (Å²) in [5.41, 5.74) is 0.948. The lowest BCUT2D eigenvalue weighted by Gasteiger charge is -2.05. The second-order valence-corrected chi connectivity index (χ2v) is 5.72. The van der Waals surface area contributed by atoms with E-state index in [9.17, 15) is 4.79 Å². The van der Waals surface area contributed by atoms with Crippen LogP contribution in [0.15, 0.2) is 40.3 Å². The first-order chi connectivity index (χ1) is 11.2. The summed E-state index contributed by atoms with van der Waals surface area (Å²) in [4.78, 5) is 17.1. The number of rotatable bonds is 3. The summed E-state index contributed by atoms with van der Waals surface area (Å²) in [7, 11) is 1.55. The molecule has 0 atom stereocenters. The predicted molar refractivity (Wildman–Crippen MR) is 84.0 cm³/mol. The lowest BCUT2D eigenvalue weighted by Crippen LogP contribution is -2.03. The van der Waals surface area contributed by atoms with Gasteiger partial charge in [-0.25, -0.2) is 9.79 Å². The highest BCUT2D eigenvalue weighted by molar-refractivity contribution is 7.12. The van der Waals surface area contributed by atoms with Crippen molar-refractivity contribution < 1.29 is 23.7 Å². The molecular weight excluding hydrogens is 318 g/mol. The van der Waals surface area contributed by atoms with Crippen LogP contribution >= 0.6 is 11.3 Å². The number of benzene rings is 1. The van der Waals surface area contributed by atoms with Gasteiger partial charge in [-0.1, -0.05) is 6.07 Å². The summed E-state index contributed by atoms with van der Waals surface area (Å²) in [6.45, 7) is 0.147. The summed E-state index contributed by atoms with van der Waals surface area (Å²) < 4.78 is 21.2. The van der Waals surface area contributed by atoms with E-state index in [4.69, 9.17) is 18.9 Å². The van der Waals surface area contributed by atoms with Crippen molar-refractivity contribution in [2.24, 2.45) is 4.99 Å². The average molecular weight is 329 g/mol. The van der Waals surface area contributed by atoms with Crippen LogP contribution in [0.3, 0.4) is 0 Å². The molecule has 6 nitrogen and oxygen atoms in total. The molecule has 0 unspecified atom stereocenters. The molecule has 23 heavy (non-hydrogen) atoms. The van der Waals surface area contributed by atoms with Gasteiger partial charge in [-0.15, -0.1) is 11.3 Å². The molecule has 2 aliphatic heterocycles. The SMILES string of the molecule is COc1cc(C=C2N=C(c3cccs3)OC2=O)cc2c1OCO2. The minimum atomic E-state index is -0.481. The van der Waals surface area contributed by atoms with Crippen LogP contribution in [0.4, 0.5) is 0 Å². The van der Waals surface area contributed by atoms with Gasteiger partial charge in [0.1, 0.15) is 0 Å². The topological polar surface area (TPSA) is 66.4 Å². The van der Waals surface area contributed by atoms with Crippen molar-refractivity contribution in [2.45, 2.75) is 0 Å². The first-order valence-electron chi connectivity index (χ1n) is 6.78. The summed E-state index contributed by atoms with van der Waals surface area (Å²) in [6, 6.07) is 7.25. The summed E-state index contributed by atoms with van der Waals surface area (Å²) in [6.07, 6.45) is 1.63. The Kier molecular flexibility index (Phi) is 3.27. The van der Waals surface area contributed by atoms with E-state index in [1.807, 2.05) is 17.5 Å². The molecule has 0 saturated heterocycles. The van der Waals surface area contributed by atoms with Crippen molar-refractivity contribution in [1.82, 2.24) is 0 Å². The third kappa shape index (κ3) is 2.44. The van der Waals surface area contributed by atoms with Crippen molar-refractivity contribution in [2.75, 3.05) is 13.9 Å². The first kappa shape index (κ1) is 13.8. The number of cyclic esters (lactones) is 1. The largest absolute Gasteiger partial charge is 0.493 e. The molecule has 0 bridgehead atoms. The number of hydrogen-bond donors (Lipinski definition) is 0. The maximum atomic E-state index is 12.0. The fourth-order valence-electron chi connectivity index (χ4n) is 2.31. The zero-order chi connectivity index (χ0) is 15.8. The predicted octanol–water partition coefficient (Wildman–Crippen LogP) is 2.83. The first-order valence-corrected chi connectivity index (χ1v) is 7.66. The van der Waals surface area contributed by atoms with Crippen LogP contribution in [0.25, 0.3) is 6.08 Å². The minimum Gasteiger partial charge on any atom is -0.493 e. The van der Waals surface area contributed by atoms with Crippen molar-refractivity contribution in [3.8, 4) is 17.2 Å². The van der Waals surface area contributed by atoms with Gasteiger partial charge in [-0.2, -0.15) is 0 Å². The molecule has 0 saturated carbocycles. The van der Waals surface area contributed by atoms with Crippen LogP contribution in [0.1, 0.15) is 10.4 Å². The van der Waals surface area contributed by atoms with Gasteiger partial charge in [0.15, 0.2) is 17.2 Å². The number of hydrogen-bond acceptors (Lipinski definition) is 7. The zero-order valence-corrected chi connectivity index (χ0v) is 12.9. The molecule has 0 aliphatic carbocycles. The molecule has 0 N–H and O–H groups in total. The van der Waals surface area contributed by atoms with Crippen molar-refractivity contribution in [1.29, 1.82) is 0 Å². The van der Waals surface area contributed by atoms with E-state index in [2.05, 4.69) is 4.99 Å². The Bertz CT molecular complexity index is 838. The van der Waals surface area contributed by atoms with E-state index < -0.39 is 5.97 Å². The molecule has 0 fully saturated rings. The van der Waals surface area contributed by atoms with Gasteiger partial charge in [0.2, 0.25) is 18.4 Å². The van der Waals surface area contributed by atoms with Crippen LogP contribution in [0, 0.1) is 0 Å². The monoisotopic (exact) mass is 329 g/mol. The zero-order valence-electron chi connectivity index (χ0n) is 12.1. The number of fused-ring (bicyclic) bond motifs is 1. The van der Waals surface area contributed by atoms with Crippen LogP contribution in [0.5, 0.6) is 17.2 Å². The van der Waals surface area contributed by atoms with Crippen LogP contribution in [0.2, 0.25) is 0 Å². The second kappa shape index (κ2) is 5.44. The van der Waals surface area contributed by atoms with Crippen molar-refractivity contribution in [3.63, 3.8) is 0 Å². The minimum absolute atomic E-state index is 0.147. The lowest BCUT2D eigenvalue weighted by atomic mass is 10.1. The highest BCUT2D eigenvalue weighted by atomic mass is 32.1. The smallest absolute Gasteiger partial charge is 0.363 e. The van der Waals surface area contributed by atoms with Gasteiger partial charge in [0, 0.05) is 0 Å². The highest BCUT2D eigenvalue weighted by Gasteiger charge is 2.26.